The summed E-state index contributed by atoms with van der Waals surface area (Å²) in [6.07, 6.45) is 0. The largest absolute Gasteiger partial charge is 0.480 e. The minimum Gasteiger partial charge on any atom is -0.480 e. The van der Waals surface area contributed by atoms with Gasteiger partial charge in [-0.1, -0.05) is 0 Å². The number of likely N-dealkylation sites (tertiary alicyclic amines) is 2. The lowest BCUT2D eigenvalue weighted by Gasteiger charge is -2.47. The number of carboxylic acid groups (broad SMARTS) is 1. The second-order valence-corrected chi connectivity index (χ2v) is 4.90. The van der Waals surface area contributed by atoms with Crippen molar-refractivity contribution < 1.29 is 38.6 Å². The van der Waals surface area contributed by atoms with E-state index in [1.54, 1.807) is 0 Å². The van der Waals surface area contributed by atoms with Crippen LogP contribution >= 0.6 is 0 Å². The number of aliphatic carboxylic acids is 1. The van der Waals surface area contributed by atoms with Gasteiger partial charge in [-0.2, -0.15) is 0 Å². The van der Waals surface area contributed by atoms with E-state index in [2.05, 4.69) is 4.74 Å². The zero-order valence-corrected chi connectivity index (χ0v) is 11.0. The number of β-lactam (4-membered cyclic amide) rings is 4. The number of carboxylic acids is 1. The van der Waals surface area contributed by atoms with Crippen LogP contribution in [0.2, 0.25) is 0 Å². The molecule has 0 aromatic rings. The molecule has 0 aromatic carbocycles. The lowest BCUT2D eigenvalue weighted by molar-refractivity contribution is -0.201. The van der Waals surface area contributed by atoms with Crippen molar-refractivity contribution in [1.82, 2.24) is 9.80 Å². The highest BCUT2D eigenvalue weighted by atomic mass is 16.6. The molecule has 0 bridgehead atoms. The van der Waals surface area contributed by atoms with Crippen LogP contribution in [-0.2, 0) is 33.5 Å². The zero-order chi connectivity index (χ0) is 16.2. The Morgan fingerprint density at radius 3 is 1.90 bits per heavy atom. The molecule has 2 aliphatic heterocycles. The molecule has 2 fully saturated rings. The number of imide groups is 2. The normalized spacial score (nSPS) is 22.6. The van der Waals surface area contributed by atoms with Crippen LogP contribution in [0.1, 0.15) is 13.8 Å². The molecule has 21 heavy (non-hydrogen) atoms. The summed E-state index contributed by atoms with van der Waals surface area (Å²) in [5.41, 5.74) is -4.16. The van der Waals surface area contributed by atoms with Crippen LogP contribution in [0.3, 0.4) is 0 Å². The van der Waals surface area contributed by atoms with Gasteiger partial charge in [-0.15, -0.1) is 0 Å². The van der Waals surface area contributed by atoms with Crippen molar-refractivity contribution in [1.29, 1.82) is 0 Å². The average Bonchev–Trinajstić information content (AvgIpc) is 2.45. The van der Waals surface area contributed by atoms with Crippen LogP contribution in [0, 0.1) is 5.41 Å². The van der Waals surface area contributed by atoms with Gasteiger partial charge in [0.1, 0.15) is 6.67 Å². The molecule has 10 nitrogen and oxygen atoms in total. The predicted molar refractivity (Wildman–Crippen MR) is 59.9 cm³/mol. The Hall–Kier alpha value is -2.78. The molecule has 0 saturated carbocycles. The lowest BCUT2D eigenvalue weighted by atomic mass is 9.79. The number of ether oxygens (including phenoxy) is 1. The first-order chi connectivity index (χ1) is 9.62. The summed E-state index contributed by atoms with van der Waals surface area (Å²) in [5.74, 6) is -5.45. The van der Waals surface area contributed by atoms with Crippen LogP contribution in [0.25, 0.3) is 0 Å². The zero-order valence-electron chi connectivity index (χ0n) is 11.0. The number of carbonyl (C=O) groups is 6. The summed E-state index contributed by atoms with van der Waals surface area (Å²) in [5, 5.41) is 8.84. The van der Waals surface area contributed by atoms with Gasteiger partial charge in [0.2, 0.25) is 5.41 Å². The number of amides is 4. The standard InChI is InChI=1S/C11H10N2O8/c1-10(9(19)20)5(15)12(6(10)16)3-13-7(17)11(2,8(13)18)21-4-14/h4H,3H2,1-2H3,(H,19,20). The Labute approximate surface area is 117 Å². The summed E-state index contributed by atoms with van der Waals surface area (Å²) < 4.78 is 4.38. The molecular formula is C11H10N2O8. The van der Waals surface area contributed by atoms with Gasteiger partial charge < -0.3 is 9.84 Å². The third-order valence-corrected chi connectivity index (χ3v) is 3.65. The van der Waals surface area contributed by atoms with E-state index in [1.807, 2.05) is 0 Å². The SMILES string of the molecule is CC1(OC=O)C(=O)N(CN2C(=O)C(C)(C(=O)O)C2=O)C1=O. The van der Waals surface area contributed by atoms with E-state index in [0.717, 1.165) is 13.8 Å². The summed E-state index contributed by atoms with van der Waals surface area (Å²) in [6, 6.07) is 0. The van der Waals surface area contributed by atoms with Gasteiger partial charge >= 0.3 is 5.97 Å². The van der Waals surface area contributed by atoms with Gasteiger partial charge in [0.15, 0.2) is 0 Å². The molecule has 2 heterocycles. The van der Waals surface area contributed by atoms with Gasteiger partial charge in [-0.05, 0) is 13.8 Å². The number of rotatable bonds is 5. The third-order valence-electron chi connectivity index (χ3n) is 3.65. The highest BCUT2D eigenvalue weighted by molar-refractivity contribution is 6.33. The average molecular weight is 298 g/mol. The van der Waals surface area contributed by atoms with Crippen molar-refractivity contribution in [2.24, 2.45) is 5.41 Å². The fourth-order valence-corrected chi connectivity index (χ4v) is 2.09. The number of hydrogen-bond acceptors (Lipinski definition) is 7. The Balaban J connectivity index is 2.10. The lowest BCUT2D eigenvalue weighted by Crippen LogP contribution is -2.76. The van der Waals surface area contributed by atoms with Crippen molar-refractivity contribution in [2.45, 2.75) is 19.4 Å². The molecule has 0 spiro atoms. The maximum Gasteiger partial charge on any atom is 0.328 e. The predicted octanol–water partition coefficient (Wildman–Crippen LogP) is -2.30. The first kappa shape index (κ1) is 14.6. The molecule has 10 heteroatoms. The molecule has 4 amide bonds. The van der Waals surface area contributed by atoms with Crippen molar-refractivity contribution in [3.63, 3.8) is 0 Å². The highest BCUT2D eigenvalue weighted by Crippen LogP contribution is 2.36. The molecule has 2 rings (SSSR count). The second-order valence-electron chi connectivity index (χ2n) is 4.90. The Morgan fingerprint density at radius 1 is 1.10 bits per heavy atom. The van der Waals surface area contributed by atoms with E-state index in [0.29, 0.717) is 9.80 Å². The highest BCUT2D eigenvalue weighted by Gasteiger charge is 2.67. The van der Waals surface area contributed by atoms with Crippen LogP contribution in [0.15, 0.2) is 0 Å². The van der Waals surface area contributed by atoms with E-state index < -0.39 is 47.3 Å². The van der Waals surface area contributed by atoms with Crippen molar-refractivity contribution >= 4 is 36.1 Å². The summed E-state index contributed by atoms with van der Waals surface area (Å²) >= 11 is 0. The van der Waals surface area contributed by atoms with Crippen LogP contribution < -0.4 is 0 Å². The topological polar surface area (TPSA) is 138 Å². The first-order valence-corrected chi connectivity index (χ1v) is 5.70. The molecule has 2 saturated heterocycles. The molecular weight excluding hydrogens is 288 g/mol. The van der Waals surface area contributed by atoms with Crippen molar-refractivity contribution in [2.75, 3.05) is 6.67 Å². The Morgan fingerprint density at radius 2 is 1.52 bits per heavy atom. The molecule has 1 N–H and O–H groups in total. The number of nitrogens with zero attached hydrogens (tertiary/aromatic N) is 2. The van der Waals surface area contributed by atoms with Gasteiger partial charge in [-0.25, -0.2) is 0 Å². The maximum atomic E-state index is 11.7. The maximum absolute atomic E-state index is 11.7. The second kappa shape index (κ2) is 4.11. The van der Waals surface area contributed by atoms with E-state index in [1.165, 1.54) is 0 Å². The molecule has 0 unspecified atom stereocenters. The molecule has 112 valence electrons. The van der Waals surface area contributed by atoms with Gasteiger partial charge in [0, 0.05) is 0 Å². The quantitative estimate of drug-likeness (QED) is 0.340. The number of hydrogen-bond donors (Lipinski definition) is 1. The van der Waals surface area contributed by atoms with E-state index in [9.17, 15) is 28.8 Å². The van der Waals surface area contributed by atoms with Gasteiger partial charge in [-0.3, -0.25) is 38.6 Å². The van der Waals surface area contributed by atoms with Gasteiger partial charge in [0.25, 0.3) is 35.7 Å². The summed E-state index contributed by atoms with van der Waals surface area (Å²) in [4.78, 5) is 69.0. The van der Waals surface area contributed by atoms with Crippen molar-refractivity contribution in [3.8, 4) is 0 Å². The van der Waals surface area contributed by atoms with Gasteiger partial charge in [0.05, 0.1) is 0 Å². The first-order valence-electron chi connectivity index (χ1n) is 5.70. The fourth-order valence-electron chi connectivity index (χ4n) is 2.09. The smallest absolute Gasteiger partial charge is 0.328 e. The van der Waals surface area contributed by atoms with Crippen LogP contribution in [0.4, 0.5) is 0 Å². The van der Waals surface area contributed by atoms with Crippen LogP contribution in [0.5, 0.6) is 0 Å². The minimum absolute atomic E-state index is 0.0609. The fraction of sp³-hybridized carbons (Fsp3) is 0.455. The molecule has 0 aromatic heterocycles. The summed E-state index contributed by atoms with van der Waals surface area (Å²) in [7, 11) is 0. The third kappa shape index (κ3) is 1.52. The molecule has 2 aliphatic rings. The number of carbonyl (C=O) groups excluding carboxylic acids is 5. The molecule has 0 aliphatic carbocycles. The monoisotopic (exact) mass is 298 g/mol. The Kier molecular flexibility index (Phi) is 2.86. The molecule has 0 atom stereocenters. The van der Waals surface area contributed by atoms with E-state index in [4.69, 9.17) is 5.11 Å². The molecule has 0 radical (unpaired) electrons. The van der Waals surface area contributed by atoms with Crippen molar-refractivity contribution in [3.05, 3.63) is 0 Å². The van der Waals surface area contributed by atoms with Crippen LogP contribution in [-0.4, -0.2) is 63.2 Å². The summed E-state index contributed by atoms with van der Waals surface area (Å²) in [6.45, 7) is 1.25. The van der Waals surface area contributed by atoms with E-state index >= 15 is 0 Å². The minimum atomic E-state index is -2.19. The Bertz CT molecular complexity index is 577. The van der Waals surface area contributed by atoms with E-state index in [-0.39, 0.29) is 6.47 Å².